The van der Waals surface area contributed by atoms with E-state index in [4.69, 9.17) is 0 Å². The topological polar surface area (TPSA) is 95.7 Å². The second-order valence-electron chi connectivity index (χ2n) is 7.48. The van der Waals surface area contributed by atoms with Crippen LogP contribution in [0.15, 0.2) is 18.2 Å². The maximum absolute atomic E-state index is 12.7. The number of nitro benzene ring substituents is 1. The van der Waals surface area contributed by atoms with Crippen LogP contribution in [-0.2, 0) is 0 Å². The standard InChI is InChI=1S/C19H27N3O4/c23-18(21-11-5-6-12-21)16-13-15(7-8-17(16)22(25)26)20-14-19(24)9-3-1-2-4-10-19/h7-8,13,20,24H,1-6,9-12,14H2. The molecular weight excluding hydrogens is 334 g/mol. The third-order valence-corrected chi connectivity index (χ3v) is 5.47. The molecule has 0 aromatic heterocycles. The van der Waals surface area contributed by atoms with Gasteiger partial charge < -0.3 is 15.3 Å². The van der Waals surface area contributed by atoms with Crippen LogP contribution in [0.2, 0.25) is 0 Å². The predicted octanol–water partition coefficient (Wildman–Crippen LogP) is 3.33. The van der Waals surface area contributed by atoms with E-state index < -0.39 is 10.5 Å². The van der Waals surface area contributed by atoms with Gasteiger partial charge >= 0.3 is 0 Å². The normalized spacial score (nSPS) is 19.8. The zero-order valence-corrected chi connectivity index (χ0v) is 15.1. The lowest BCUT2D eigenvalue weighted by Crippen LogP contribution is -2.36. The highest BCUT2D eigenvalue weighted by molar-refractivity contribution is 5.99. The first kappa shape index (κ1) is 18.6. The van der Waals surface area contributed by atoms with E-state index in [2.05, 4.69) is 5.32 Å². The second kappa shape index (κ2) is 8.03. The van der Waals surface area contributed by atoms with Crippen LogP contribution in [0.25, 0.3) is 0 Å². The number of rotatable bonds is 5. The molecule has 2 fully saturated rings. The Balaban J connectivity index is 1.76. The van der Waals surface area contributed by atoms with E-state index in [0.29, 0.717) is 25.3 Å². The van der Waals surface area contributed by atoms with E-state index in [9.17, 15) is 20.0 Å². The molecule has 7 nitrogen and oxygen atoms in total. The highest BCUT2D eigenvalue weighted by Crippen LogP contribution is 2.29. The van der Waals surface area contributed by atoms with Crippen LogP contribution in [-0.4, -0.2) is 46.1 Å². The molecule has 1 saturated carbocycles. The molecule has 1 aliphatic carbocycles. The monoisotopic (exact) mass is 361 g/mol. The lowest BCUT2D eigenvalue weighted by Gasteiger charge is -2.27. The van der Waals surface area contributed by atoms with Crippen molar-refractivity contribution in [3.8, 4) is 0 Å². The third-order valence-electron chi connectivity index (χ3n) is 5.47. The maximum atomic E-state index is 12.7. The van der Waals surface area contributed by atoms with Crippen LogP contribution in [0.5, 0.6) is 0 Å². The van der Waals surface area contributed by atoms with Crippen molar-refractivity contribution in [2.24, 2.45) is 0 Å². The number of carbonyl (C=O) groups is 1. The van der Waals surface area contributed by atoms with Gasteiger partial charge in [-0.05, 0) is 37.8 Å². The van der Waals surface area contributed by atoms with Crippen molar-refractivity contribution >= 4 is 17.3 Å². The van der Waals surface area contributed by atoms with Gasteiger partial charge in [0.1, 0.15) is 5.56 Å². The van der Waals surface area contributed by atoms with Crippen LogP contribution >= 0.6 is 0 Å². The van der Waals surface area contributed by atoms with Crippen molar-refractivity contribution in [1.29, 1.82) is 0 Å². The Labute approximate surface area is 153 Å². The molecule has 1 aromatic carbocycles. The number of benzene rings is 1. The third kappa shape index (κ3) is 4.33. The quantitative estimate of drug-likeness (QED) is 0.476. The zero-order valence-electron chi connectivity index (χ0n) is 15.1. The number of nitrogens with zero attached hydrogens (tertiary/aromatic N) is 2. The first-order chi connectivity index (χ1) is 12.5. The molecule has 26 heavy (non-hydrogen) atoms. The van der Waals surface area contributed by atoms with Gasteiger partial charge in [0.05, 0.1) is 10.5 Å². The van der Waals surface area contributed by atoms with E-state index in [-0.39, 0.29) is 17.2 Å². The summed E-state index contributed by atoms with van der Waals surface area (Å²) in [5, 5.41) is 25.3. The van der Waals surface area contributed by atoms with Crippen LogP contribution in [0, 0.1) is 10.1 Å². The fourth-order valence-electron chi connectivity index (χ4n) is 3.90. The smallest absolute Gasteiger partial charge is 0.282 e. The fraction of sp³-hybridized carbons (Fsp3) is 0.632. The number of anilines is 1. The first-order valence-corrected chi connectivity index (χ1v) is 9.52. The molecule has 1 aromatic rings. The highest BCUT2D eigenvalue weighted by atomic mass is 16.6. The Morgan fingerprint density at radius 2 is 1.81 bits per heavy atom. The minimum absolute atomic E-state index is 0.120. The second-order valence-corrected chi connectivity index (χ2v) is 7.48. The fourth-order valence-corrected chi connectivity index (χ4v) is 3.90. The van der Waals surface area contributed by atoms with Crippen molar-refractivity contribution in [3.05, 3.63) is 33.9 Å². The molecule has 0 spiro atoms. The molecule has 1 heterocycles. The molecule has 0 atom stereocenters. The van der Waals surface area contributed by atoms with Crippen molar-refractivity contribution in [2.45, 2.75) is 57.0 Å². The van der Waals surface area contributed by atoms with Crippen molar-refractivity contribution in [3.63, 3.8) is 0 Å². The van der Waals surface area contributed by atoms with Crippen LogP contribution in [0.4, 0.5) is 11.4 Å². The molecule has 0 radical (unpaired) electrons. The largest absolute Gasteiger partial charge is 0.388 e. The maximum Gasteiger partial charge on any atom is 0.282 e. The Bertz CT molecular complexity index is 663. The van der Waals surface area contributed by atoms with Gasteiger partial charge in [-0.3, -0.25) is 14.9 Å². The summed E-state index contributed by atoms with van der Waals surface area (Å²) in [6, 6.07) is 4.54. The zero-order chi connectivity index (χ0) is 18.6. The summed E-state index contributed by atoms with van der Waals surface area (Å²) in [4.78, 5) is 25.2. The minimum Gasteiger partial charge on any atom is -0.388 e. The Morgan fingerprint density at radius 3 is 2.42 bits per heavy atom. The molecule has 1 saturated heterocycles. The van der Waals surface area contributed by atoms with Gasteiger partial charge in [0.15, 0.2) is 0 Å². The molecule has 2 aliphatic rings. The van der Waals surface area contributed by atoms with Gasteiger partial charge in [-0.2, -0.15) is 0 Å². The van der Waals surface area contributed by atoms with Gasteiger partial charge in [-0.25, -0.2) is 0 Å². The van der Waals surface area contributed by atoms with Crippen molar-refractivity contribution in [2.75, 3.05) is 25.0 Å². The Hall–Kier alpha value is -2.15. The van der Waals surface area contributed by atoms with Gasteiger partial charge in [0.2, 0.25) is 0 Å². The lowest BCUT2D eigenvalue weighted by atomic mass is 9.94. The first-order valence-electron chi connectivity index (χ1n) is 9.52. The number of nitro groups is 1. The summed E-state index contributed by atoms with van der Waals surface area (Å²) in [6.45, 7) is 1.68. The summed E-state index contributed by atoms with van der Waals surface area (Å²) >= 11 is 0. The predicted molar refractivity (Wildman–Crippen MR) is 99.4 cm³/mol. The van der Waals surface area contributed by atoms with Crippen LogP contribution in [0.3, 0.4) is 0 Å². The van der Waals surface area contributed by atoms with Crippen molar-refractivity contribution < 1.29 is 14.8 Å². The van der Waals surface area contributed by atoms with E-state index in [1.807, 2.05) is 0 Å². The summed E-state index contributed by atoms with van der Waals surface area (Å²) < 4.78 is 0. The van der Waals surface area contributed by atoms with E-state index in [1.165, 1.54) is 6.07 Å². The Kier molecular flexibility index (Phi) is 5.76. The molecule has 0 unspecified atom stereocenters. The number of hydrogen-bond acceptors (Lipinski definition) is 5. The summed E-state index contributed by atoms with van der Waals surface area (Å²) in [7, 11) is 0. The molecule has 142 valence electrons. The molecule has 1 aliphatic heterocycles. The van der Waals surface area contributed by atoms with Gasteiger partial charge in [0.25, 0.3) is 11.6 Å². The molecule has 3 rings (SSSR count). The van der Waals surface area contributed by atoms with Gasteiger partial charge in [-0.1, -0.05) is 25.7 Å². The molecule has 1 amide bonds. The van der Waals surface area contributed by atoms with Gasteiger partial charge in [0, 0.05) is 31.4 Å². The number of amides is 1. The van der Waals surface area contributed by atoms with Crippen molar-refractivity contribution in [1.82, 2.24) is 4.90 Å². The number of carbonyl (C=O) groups excluding carboxylic acids is 1. The average molecular weight is 361 g/mol. The highest BCUT2D eigenvalue weighted by Gasteiger charge is 2.29. The summed E-state index contributed by atoms with van der Waals surface area (Å²) in [5.74, 6) is -0.286. The minimum atomic E-state index is -0.753. The molecule has 0 bridgehead atoms. The number of likely N-dealkylation sites (tertiary alicyclic amines) is 1. The van der Waals surface area contributed by atoms with E-state index in [1.54, 1.807) is 17.0 Å². The number of hydrogen-bond donors (Lipinski definition) is 2. The molecule has 7 heteroatoms. The van der Waals surface area contributed by atoms with E-state index >= 15 is 0 Å². The number of nitrogens with one attached hydrogen (secondary N) is 1. The summed E-state index contributed by atoms with van der Waals surface area (Å²) in [5.41, 5.74) is -0.164. The van der Waals surface area contributed by atoms with Crippen LogP contribution < -0.4 is 5.32 Å². The molecular formula is C19H27N3O4. The van der Waals surface area contributed by atoms with Crippen LogP contribution in [0.1, 0.15) is 61.7 Å². The van der Waals surface area contributed by atoms with E-state index in [0.717, 1.165) is 51.4 Å². The number of aliphatic hydroxyl groups is 1. The van der Waals surface area contributed by atoms with Gasteiger partial charge in [-0.15, -0.1) is 0 Å². The average Bonchev–Trinajstić information content (AvgIpc) is 3.08. The summed E-state index contributed by atoms with van der Waals surface area (Å²) in [6.07, 6.45) is 7.70. The Morgan fingerprint density at radius 1 is 1.15 bits per heavy atom. The SMILES string of the molecule is O=C(c1cc(NCC2(O)CCCCCC2)ccc1[N+](=O)[O-])N1CCCC1. The molecule has 2 N–H and O–H groups in total. The lowest BCUT2D eigenvalue weighted by molar-refractivity contribution is -0.385.